The third-order valence-corrected chi connectivity index (χ3v) is 5.03. The summed E-state index contributed by atoms with van der Waals surface area (Å²) in [4.78, 5) is 4.58. The van der Waals surface area contributed by atoms with E-state index in [2.05, 4.69) is 26.2 Å². The van der Waals surface area contributed by atoms with Gasteiger partial charge in [0.2, 0.25) is 0 Å². The molecule has 0 saturated heterocycles. The minimum atomic E-state index is -3.21. The van der Waals surface area contributed by atoms with Gasteiger partial charge in [0.15, 0.2) is 9.84 Å². The molecule has 0 aliphatic rings. The number of nitrogens with two attached hydrogens (primary N) is 1. The van der Waals surface area contributed by atoms with Gasteiger partial charge in [-0.1, -0.05) is 15.9 Å². The van der Waals surface area contributed by atoms with Crippen LogP contribution in [0.5, 0.6) is 0 Å². The molecule has 1 heterocycles. The number of aromatic nitrogens is 1. The monoisotopic (exact) mass is 391 g/mol. The molecule has 1 aromatic heterocycles. The third-order valence-electron chi connectivity index (χ3n) is 3.41. The normalized spacial score (nSPS) is 11.6. The Balaban J connectivity index is 2.04. The molecule has 0 unspecified atom stereocenters. The number of hydrogen-bond acceptors (Lipinski definition) is 5. The number of rotatable bonds is 3. The molecule has 0 radical (unpaired) electrons. The topological polar surface area (TPSA) is 85.1 Å². The number of halogens is 1. The SMILES string of the molecule is CS(=O)(=O)c1ccc(Nc2c(N)cnc3ccc(Br)cc23)cc1. The van der Waals surface area contributed by atoms with Crippen molar-refractivity contribution >= 4 is 53.7 Å². The lowest BCUT2D eigenvalue weighted by molar-refractivity contribution is 0.602. The van der Waals surface area contributed by atoms with Gasteiger partial charge < -0.3 is 11.1 Å². The average molecular weight is 392 g/mol. The van der Waals surface area contributed by atoms with E-state index in [9.17, 15) is 8.42 Å². The fourth-order valence-electron chi connectivity index (χ4n) is 2.25. The first kappa shape index (κ1) is 15.8. The predicted molar refractivity (Wildman–Crippen MR) is 96.7 cm³/mol. The number of anilines is 3. The van der Waals surface area contributed by atoms with Gasteiger partial charge in [0.05, 0.1) is 28.0 Å². The van der Waals surface area contributed by atoms with Crippen LogP contribution in [0.3, 0.4) is 0 Å². The van der Waals surface area contributed by atoms with E-state index in [4.69, 9.17) is 5.73 Å². The summed E-state index contributed by atoms with van der Waals surface area (Å²) < 4.78 is 24.0. The van der Waals surface area contributed by atoms with Crippen LogP contribution >= 0.6 is 15.9 Å². The highest BCUT2D eigenvalue weighted by atomic mass is 79.9. The largest absolute Gasteiger partial charge is 0.396 e. The zero-order valence-corrected chi connectivity index (χ0v) is 14.6. The molecular formula is C16H14BrN3O2S. The van der Waals surface area contributed by atoms with Crippen LogP contribution in [0.2, 0.25) is 0 Å². The number of pyridine rings is 1. The number of fused-ring (bicyclic) bond motifs is 1. The molecule has 0 amide bonds. The Labute approximate surface area is 142 Å². The summed E-state index contributed by atoms with van der Waals surface area (Å²) in [5.41, 5.74) is 8.87. The van der Waals surface area contributed by atoms with Crippen LogP contribution in [0.4, 0.5) is 17.1 Å². The maximum Gasteiger partial charge on any atom is 0.175 e. The quantitative estimate of drug-likeness (QED) is 0.710. The molecule has 0 spiro atoms. The minimum absolute atomic E-state index is 0.276. The van der Waals surface area contributed by atoms with Crippen molar-refractivity contribution in [3.8, 4) is 0 Å². The van der Waals surface area contributed by atoms with Crippen LogP contribution in [-0.2, 0) is 9.84 Å². The number of sulfone groups is 1. The van der Waals surface area contributed by atoms with Crippen LogP contribution in [0.1, 0.15) is 0 Å². The molecule has 3 rings (SSSR count). The maximum atomic E-state index is 11.5. The molecule has 3 aromatic rings. The van der Waals surface area contributed by atoms with Crippen molar-refractivity contribution in [1.82, 2.24) is 4.98 Å². The maximum absolute atomic E-state index is 11.5. The van der Waals surface area contributed by atoms with Crippen molar-refractivity contribution in [1.29, 1.82) is 0 Å². The van der Waals surface area contributed by atoms with Gasteiger partial charge in [-0.3, -0.25) is 4.98 Å². The van der Waals surface area contributed by atoms with Gasteiger partial charge in [-0.05, 0) is 42.5 Å². The Morgan fingerprint density at radius 1 is 1.13 bits per heavy atom. The Kier molecular flexibility index (Phi) is 3.99. The van der Waals surface area contributed by atoms with Gasteiger partial charge in [0.25, 0.3) is 0 Å². The van der Waals surface area contributed by atoms with Crippen LogP contribution in [-0.4, -0.2) is 19.7 Å². The van der Waals surface area contributed by atoms with Gasteiger partial charge in [0.1, 0.15) is 0 Å². The smallest absolute Gasteiger partial charge is 0.175 e. The fourth-order valence-corrected chi connectivity index (χ4v) is 3.24. The van der Waals surface area contributed by atoms with Gasteiger partial charge in [-0.25, -0.2) is 8.42 Å². The van der Waals surface area contributed by atoms with Crippen LogP contribution in [0.25, 0.3) is 10.9 Å². The summed E-state index contributed by atoms with van der Waals surface area (Å²) in [6.07, 6.45) is 2.78. The van der Waals surface area contributed by atoms with E-state index < -0.39 is 9.84 Å². The van der Waals surface area contributed by atoms with E-state index in [0.717, 1.165) is 26.8 Å². The Morgan fingerprint density at radius 2 is 1.83 bits per heavy atom. The van der Waals surface area contributed by atoms with Crippen LogP contribution in [0, 0.1) is 0 Å². The highest BCUT2D eigenvalue weighted by Crippen LogP contribution is 2.32. The highest BCUT2D eigenvalue weighted by molar-refractivity contribution is 9.10. The van der Waals surface area contributed by atoms with Crippen molar-refractivity contribution in [2.75, 3.05) is 17.3 Å². The summed E-state index contributed by atoms with van der Waals surface area (Å²) in [5, 5.41) is 4.12. The molecule has 0 aliphatic heterocycles. The first-order chi connectivity index (χ1) is 10.8. The van der Waals surface area contributed by atoms with E-state index in [1.165, 1.54) is 6.26 Å². The lowest BCUT2D eigenvalue weighted by atomic mass is 10.1. The van der Waals surface area contributed by atoms with E-state index in [-0.39, 0.29) is 4.90 Å². The number of nitrogens with one attached hydrogen (secondary N) is 1. The molecule has 3 N–H and O–H groups in total. The van der Waals surface area contributed by atoms with Gasteiger partial charge >= 0.3 is 0 Å². The van der Waals surface area contributed by atoms with Crippen LogP contribution in [0.15, 0.2) is 58.0 Å². The predicted octanol–water partition coefficient (Wildman–Crippen LogP) is 3.73. The van der Waals surface area contributed by atoms with Crippen molar-refractivity contribution in [2.24, 2.45) is 0 Å². The van der Waals surface area contributed by atoms with Crippen molar-refractivity contribution in [2.45, 2.75) is 4.90 Å². The standard InChI is InChI=1S/C16H14BrN3O2S/c1-23(21,22)12-5-3-11(4-6-12)20-16-13-8-10(17)2-7-15(13)19-9-14(16)18/h2-9H,18H2,1H3,(H,19,20). The number of nitrogens with zero attached hydrogens (tertiary/aromatic N) is 1. The molecule has 0 atom stereocenters. The zero-order valence-electron chi connectivity index (χ0n) is 12.2. The summed E-state index contributed by atoms with van der Waals surface area (Å²) in [5.74, 6) is 0. The molecule has 118 valence electrons. The molecule has 5 nitrogen and oxygen atoms in total. The molecule has 2 aromatic carbocycles. The number of hydrogen-bond donors (Lipinski definition) is 2. The molecule has 23 heavy (non-hydrogen) atoms. The first-order valence-electron chi connectivity index (χ1n) is 6.75. The van der Waals surface area contributed by atoms with Crippen LogP contribution < -0.4 is 11.1 Å². The van der Waals surface area contributed by atoms with Crippen molar-refractivity contribution in [3.05, 3.63) is 53.1 Å². The second-order valence-electron chi connectivity index (χ2n) is 5.17. The number of benzene rings is 2. The molecular weight excluding hydrogens is 378 g/mol. The Bertz CT molecular complexity index is 981. The zero-order chi connectivity index (χ0) is 16.6. The average Bonchev–Trinajstić information content (AvgIpc) is 2.50. The van der Waals surface area contributed by atoms with Gasteiger partial charge in [0, 0.05) is 21.8 Å². The summed E-state index contributed by atoms with van der Waals surface area (Å²) in [7, 11) is -3.21. The third kappa shape index (κ3) is 3.30. The molecule has 0 aliphatic carbocycles. The molecule has 0 saturated carbocycles. The lowest BCUT2D eigenvalue weighted by Crippen LogP contribution is -2.00. The van der Waals surface area contributed by atoms with E-state index in [1.807, 2.05) is 18.2 Å². The fraction of sp³-hybridized carbons (Fsp3) is 0.0625. The van der Waals surface area contributed by atoms with E-state index >= 15 is 0 Å². The van der Waals surface area contributed by atoms with E-state index in [0.29, 0.717) is 5.69 Å². The minimum Gasteiger partial charge on any atom is -0.396 e. The Morgan fingerprint density at radius 3 is 2.48 bits per heavy atom. The lowest BCUT2D eigenvalue weighted by Gasteiger charge is -2.13. The molecule has 7 heteroatoms. The van der Waals surface area contributed by atoms with Gasteiger partial charge in [-0.15, -0.1) is 0 Å². The number of nitrogen functional groups attached to an aromatic ring is 1. The van der Waals surface area contributed by atoms with Crippen molar-refractivity contribution < 1.29 is 8.42 Å². The molecule has 0 bridgehead atoms. The summed E-state index contributed by atoms with van der Waals surface area (Å²) in [6.45, 7) is 0. The Hall–Kier alpha value is -2.12. The molecule has 0 fully saturated rings. The second-order valence-corrected chi connectivity index (χ2v) is 8.10. The van der Waals surface area contributed by atoms with Gasteiger partial charge in [-0.2, -0.15) is 0 Å². The summed E-state index contributed by atoms with van der Waals surface area (Å²) in [6, 6.07) is 12.3. The first-order valence-corrected chi connectivity index (χ1v) is 9.44. The summed E-state index contributed by atoms with van der Waals surface area (Å²) >= 11 is 3.44. The van der Waals surface area contributed by atoms with E-state index in [1.54, 1.807) is 30.5 Å². The van der Waals surface area contributed by atoms with Crippen molar-refractivity contribution in [3.63, 3.8) is 0 Å². The second kappa shape index (κ2) is 5.82. The highest BCUT2D eigenvalue weighted by Gasteiger charge is 2.10.